The highest BCUT2D eigenvalue weighted by atomic mass is 32.2. The molecule has 1 N–H and O–H groups in total. The minimum absolute atomic E-state index is 0.112. The Hall–Kier alpha value is -1.89. The molecule has 3 rings (SSSR count). The molecule has 2 aromatic carbocycles. The molecule has 23 heavy (non-hydrogen) atoms. The molecule has 0 saturated carbocycles. The number of nitrogens with zero attached hydrogens (tertiary/aromatic N) is 1. The first-order valence-electron chi connectivity index (χ1n) is 6.93. The lowest BCUT2D eigenvalue weighted by atomic mass is 10.1. The van der Waals surface area contributed by atoms with E-state index in [4.69, 9.17) is 4.55 Å². The average molecular weight is 347 g/mol. The highest BCUT2D eigenvalue weighted by Crippen LogP contribution is 2.36. The number of rotatable bonds is 4. The first-order chi connectivity index (χ1) is 11.0. The summed E-state index contributed by atoms with van der Waals surface area (Å²) in [5.74, 6) is -0.154. The molecule has 0 aliphatic carbocycles. The third-order valence-corrected chi connectivity index (χ3v) is 4.96. The van der Waals surface area contributed by atoms with Crippen LogP contribution in [0.2, 0.25) is 0 Å². The quantitative estimate of drug-likeness (QED) is 0.699. The molecule has 0 radical (unpaired) electrons. The lowest BCUT2D eigenvalue weighted by molar-refractivity contribution is 0.563. The molecular weight excluding hydrogens is 333 g/mol. The summed E-state index contributed by atoms with van der Waals surface area (Å²) in [5, 5.41) is 0.930. The SMILES string of the molecule is Cc1nc(-c2ccc(CS(=O)O)cc2)c(-c2ccc(F)cc2)s1. The number of aromatic nitrogens is 1. The summed E-state index contributed by atoms with van der Waals surface area (Å²) in [6.07, 6.45) is 0. The van der Waals surface area contributed by atoms with E-state index < -0.39 is 11.1 Å². The van der Waals surface area contributed by atoms with Crippen molar-refractivity contribution in [3.63, 3.8) is 0 Å². The van der Waals surface area contributed by atoms with Crippen LogP contribution in [0.3, 0.4) is 0 Å². The Labute approximate surface area is 140 Å². The Morgan fingerprint density at radius 3 is 2.30 bits per heavy atom. The van der Waals surface area contributed by atoms with E-state index in [1.165, 1.54) is 12.1 Å². The smallest absolute Gasteiger partial charge is 0.157 e. The molecule has 3 nitrogen and oxygen atoms in total. The van der Waals surface area contributed by atoms with Gasteiger partial charge in [-0.3, -0.25) is 0 Å². The van der Waals surface area contributed by atoms with Crippen LogP contribution in [0, 0.1) is 12.7 Å². The van der Waals surface area contributed by atoms with Crippen molar-refractivity contribution in [1.29, 1.82) is 0 Å². The van der Waals surface area contributed by atoms with Gasteiger partial charge in [-0.05, 0) is 30.2 Å². The van der Waals surface area contributed by atoms with Crippen molar-refractivity contribution >= 4 is 22.4 Å². The third kappa shape index (κ3) is 3.72. The zero-order valence-corrected chi connectivity index (χ0v) is 14.0. The molecule has 1 atom stereocenters. The van der Waals surface area contributed by atoms with Gasteiger partial charge in [0.1, 0.15) is 5.82 Å². The van der Waals surface area contributed by atoms with Crippen LogP contribution in [-0.2, 0) is 16.8 Å². The molecule has 0 fully saturated rings. The zero-order chi connectivity index (χ0) is 16.4. The van der Waals surface area contributed by atoms with Crippen LogP contribution >= 0.6 is 11.3 Å². The molecule has 1 heterocycles. The Morgan fingerprint density at radius 1 is 1.09 bits per heavy atom. The maximum Gasteiger partial charge on any atom is 0.157 e. The second-order valence-corrected chi connectivity index (χ2v) is 7.22. The molecule has 1 aromatic heterocycles. The van der Waals surface area contributed by atoms with Crippen molar-refractivity contribution in [1.82, 2.24) is 4.98 Å². The van der Waals surface area contributed by atoms with Crippen molar-refractivity contribution in [2.45, 2.75) is 12.7 Å². The molecule has 0 aliphatic heterocycles. The van der Waals surface area contributed by atoms with E-state index in [9.17, 15) is 8.60 Å². The van der Waals surface area contributed by atoms with Gasteiger partial charge in [-0.2, -0.15) is 0 Å². The molecule has 0 saturated heterocycles. The fourth-order valence-corrected chi connectivity index (χ4v) is 3.75. The van der Waals surface area contributed by atoms with Crippen LogP contribution in [0.5, 0.6) is 0 Å². The number of hydrogen-bond acceptors (Lipinski definition) is 3. The second-order valence-electron chi connectivity index (χ2n) is 5.08. The summed E-state index contributed by atoms with van der Waals surface area (Å²) in [6.45, 7) is 1.93. The maximum absolute atomic E-state index is 13.1. The summed E-state index contributed by atoms with van der Waals surface area (Å²) in [7, 11) is 0. The van der Waals surface area contributed by atoms with Gasteiger partial charge in [0.15, 0.2) is 11.1 Å². The Kier molecular flexibility index (Phi) is 4.66. The Morgan fingerprint density at radius 2 is 1.70 bits per heavy atom. The van der Waals surface area contributed by atoms with Crippen LogP contribution in [0.4, 0.5) is 4.39 Å². The van der Waals surface area contributed by atoms with Crippen LogP contribution in [0.25, 0.3) is 21.7 Å². The van der Waals surface area contributed by atoms with Gasteiger partial charge in [-0.25, -0.2) is 13.6 Å². The van der Waals surface area contributed by atoms with Crippen molar-refractivity contribution in [3.8, 4) is 21.7 Å². The van der Waals surface area contributed by atoms with Crippen molar-refractivity contribution < 1.29 is 13.2 Å². The van der Waals surface area contributed by atoms with Crippen molar-refractivity contribution in [2.75, 3.05) is 0 Å². The molecular formula is C17H14FNO2S2. The fourth-order valence-electron chi connectivity index (χ4n) is 2.32. The lowest BCUT2D eigenvalue weighted by Crippen LogP contribution is -1.92. The van der Waals surface area contributed by atoms with Gasteiger partial charge in [0.2, 0.25) is 0 Å². The maximum atomic E-state index is 13.1. The average Bonchev–Trinajstić information content (AvgIpc) is 2.90. The van der Waals surface area contributed by atoms with Crippen LogP contribution in [0.1, 0.15) is 10.6 Å². The van der Waals surface area contributed by atoms with Gasteiger partial charge >= 0.3 is 0 Å². The Bertz CT molecular complexity index is 842. The lowest BCUT2D eigenvalue weighted by Gasteiger charge is -2.04. The summed E-state index contributed by atoms with van der Waals surface area (Å²) >= 11 is -0.288. The van der Waals surface area contributed by atoms with E-state index >= 15 is 0 Å². The van der Waals surface area contributed by atoms with Gasteiger partial charge in [0.05, 0.1) is 21.3 Å². The number of aryl methyl sites for hydroxylation is 1. The molecule has 0 spiro atoms. The summed E-state index contributed by atoms with van der Waals surface area (Å²) in [5.41, 5.74) is 3.49. The van der Waals surface area contributed by atoms with E-state index in [-0.39, 0.29) is 11.6 Å². The topological polar surface area (TPSA) is 50.2 Å². The largest absolute Gasteiger partial charge is 0.306 e. The first-order valence-corrected chi connectivity index (χ1v) is 9.02. The standard InChI is InChI=1S/C17H14FNO2S2/c1-11-19-16(13-4-2-12(3-5-13)10-23(20)21)17(22-11)14-6-8-15(18)9-7-14/h2-9H,10H2,1H3,(H,20,21). The van der Waals surface area contributed by atoms with Gasteiger partial charge in [0, 0.05) is 5.56 Å². The number of hydrogen-bond donors (Lipinski definition) is 1. The number of thiazole rings is 1. The first kappa shape index (κ1) is 16.0. The number of halogens is 1. The predicted octanol–water partition coefficient (Wildman–Crippen LogP) is 4.65. The normalized spacial score (nSPS) is 12.3. The molecule has 1 unspecified atom stereocenters. The minimum Gasteiger partial charge on any atom is -0.306 e. The Balaban J connectivity index is 2.00. The summed E-state index contributed by atoms with van der Waals surface area (Å²) in [4.78, 5) is 5.57. The van der Waals surface area contributed by atoms with Gasteiger partial charge < -0.3 is 4.55 Å². The fraction of sp³-hybridized carbons (Fsp3) is 0.118. The van der Waals surface area contributed by atoms with E-state index in [1.54, 1.807) is 23.5 Å². The van der Waals surface area contributed by atoms with Crippen molar-refractivity contribution in [3.05, 3.63) is 64.9 Å². The monoisotopic (exact) mass is 347 g/mol. The molecule has 3 aromatic rings. The minimum atomic E-state index is -1.85. The van der Waals surface area contributed by atoms with E-state index in [2.05, 4.69) is 4.98 Å². The highest BCUT2D eigenvalue weighted by molar-refractivity contribution is 7.78. The molecule has 118 valence electrons. The van der Waals surface area contributed by atoms with E-state index in [0.29, 0.717) is 0 Å². The molecule has 0 aliphatic rings. The second kappa shape index (κ2) is 6.70. The molecule has 0 amide bonds. The zero-order valence-electron chi connectivity index (χ0n) is 12.3. The van der Waals surface area contributed by atoms with Gasteiger partial charge in [-0.1, -0.05) is 36.4 Å². The molecule has 6 heteroatoms. The predicted molar refractivity (Wildman–Crippen MR) is 92.2 cm³/mol. The van der Waals surface area contributed by atoms with E-state index in [1.807, 2.05) is 31.2 Å². The van der Waals surface area contributed by atoms with Crippen LogP contribution < -0.4 is 0 Å². The molecule has 0 bridgehead atoms. The third-order valence-electron chi connectivity index (χ3n) is 3.36. The highest BCUT2D eigenvalue weighted by Gasteiger charge is 2.13. The van der Waals surface area contributed by atoms with Gasteiger partial charge in [0.25, 0.3) is 0 Å². The van der Waals surface area contributed by atoms with Crippen molar-refractivity contribution in [2.24, 2.45) is 0 Å². The van der Waals surface area contributed by atoms with Crippen LogP contribution in [0.15, 0.2) is 48.5 Å². The number of benzene rings is 2. The summed E-state index contributed by atoms with van der Waals surface area (Å²) in [6, 6.07) is 13.8. The van der Waals surface area contributed by atoms with E-state index in [0.717, 1.165) is 32.3 Å². The van der Waals surface area contributed by atoms with Crippen LogP contribution in [-0.4, -0.2) is 13.7 Å². The summed E-state index contributed by atoms with van der Waals surface area (Å²) < 4.78 is 32.9. The van der Waals surface area contributed by atoms with Gasteiger partial charge in [-0.15, -0.1) is 11.3 Å².